The maximum Gasteiger partial charge on any atom is 0.166 e. The monoisotopic (exact) mass is 284 g/mol. The zero-order valence-electron chi connectivity index (χ0n) is 12.2. The minimum absolute atomic E-state index is 0.252. The smallest absolute Gasteiger partial charge is 0.166 e. The van der Waals surface area contributed by atoms with E-state index >= 15 is 0 Å². The summed E-state index contributed by atoms with van der Waals surface area (Å²) in [5, 5.41) is 3.99. The first-order valence-electron chi connectivity index (χ1n) is 7.35. The molecule has 0 amide bonds. The minimum atomic E-state index is 0.252. The Balaban J connectivity index is 2.08. The van der Waals surface area contributed by atoms with Crippen molar-refractivity contribution in [1.29, 1.82) is 0 Å². The lowest BCUT2D eigenvalue weighted by atomic mass is 9.93. The van der Waals surface area contributed by atoms with Crippen molar-refractivity contribution in [3.63, 3.8) is 0 Å². The van der Waals surface area contributed by atoms with Crippen LogP contribution < -0.4 is 5.32 Å². The highest BCUT2D eigenvalue weighted by molar-refractivity contribution is 6.69. The highest BCUT2D eigenvalue weighted by Gasteiger charge is 2.29. The molecule has 2 heterocycles. The molecule has 0 radical (unpaired) electrons. The first kappa shape index (κ1) is 14.9. The quantitative estimate of drug-likeness (QED) is 0.840. The van der Waals surface area contributed by atoms with Crippen LogP contribution in [-0.4, -0.2) is 30.9 Å². The lowest BCUT2D eigenvalue weighted by molar-refractivity contribution is 0.0621. The van der Waals surface area contributed by atoms with Crippen molar-refractivity contribution < 1.29 is 4.74 Å². The van der Waals surface area contributed by atoms with E-state index in [9.17, 15) is 0 Å². The lowest BCUT2D eigenvalue weighted by Gasteiger charge is -2.28. The third-order valence-electron chi connectivity index (χ3n) is 3.91. The number of hydrogen-bond donors (Lipinski definition) is 1. The van der Waals surface area contributed by atoms with E-state index in [1.165, 1.54) is 12.0 Å². The second-order valence-corrected chi connectivity index (χ2v) is 6.43. The van der Waals surface area contributed by atoms with Gasteiger partial charge in [-0.15, -0.1) is 0 Å². The molecule has 1 N–H and O–H groups in total. The second-order valence-electron chi connectivity index (χ2n) is 6.07. The third-order valence-corrected chi connectivity index (χ3v) is 4.20. The van der Waals surface area contributed by atoms with E-state index in [1.807, 2.05) is 0 Å². The molecule has 1 saturated heterocycles. The Bertz CT molecular complexity index is 370. The van der Waals surface area contributed by atoms with Gasteiger partial charge in [-0.2, -0.15) is 0 Å². The molecule has 3 nitrogen and oxygen atoms in total. The molecule has 2 rings (SSSR count). The van der Waals surface area contributed by atoms with Crippen LogP contribution in [0.15, 0.2) is 16.3 Å². The number of nitrogens with zero attached hydrogens (tertiary/aromatic N) is 1. The van der Waals surface area contributed by atoms with E-state index in [0.29, 0.717) is 17.0 Å². The van der Waals surface area contributed by atoms with E-state index in [0.717, 1.165) is 38.2 Å². The molecule has 108 valence electrons. The molecule has 4 heteroatoms. The van der Waals surface area contributed by atoms with Crippen LogP contribution in [0.1, 0.15) is 40.0 Å². The number of aliphatic imine (C=N–C) groups is 1. The Morgan fingerprint density at radius 3 is 2.84 bits per heavy atom. The van der Waals surface area contributed by atoms with Crippen LogP contribution in [0.5, 0.6) is 0 Å². The number of rotatable bonds is 5. The number of ether oxygens (including phenoxy) is 1. The van der Waals surface area contributed by atoms with Gasteiger partial charge in [0.05, 0.1) is 0 Å². The molecule has 0 bridgehead atoms. The summed E-state index contributed by atoms with van der Waals surface area (Å²) in [5.74, 6) is 2.06. The fourth-order valence-electron chi connectivity index (χ4n) is 2.78. The Hall–Kier alpha value is -0.540. The summed E-state index contributed by atoms with van der Waals surface area (Å²) in [4.78, 5) is 4.30. The van der Waals surface area contributed by atoms with Gasteiger partial charge in [0.25, 0.3) is 0 Å². The van der Waals surface area contributed by atoms with Gasteiger partial charge >= 0.3 is 0 Å². The van der Waals surface area contributed by atoms with Crippen molar-refractivity contribution in [2.24, 2.45) is 16.8 Å². The van der Waals surface area contributed by atoms with Gasteiger partial charge in [-0.25, -0.2) is 0 Å². The van der Waals surface area contributed by atoms with Crippen LogP contribution in [-0.2, 0) is 4.74 Å². The van der Waals surface area contributed by atoms with Gasteiger partial charge in [0.15, 0.2) is 10.9 Å². The number of dihydropyridines is 1. The normalized spacial score (nSPS) is 25.7. The molecule has 0 aliphatic carbocycles. The van der Waals surface area contributed by atoms with Crippen LogP contribution >= 0.6 is 11.6 Å². The van der Waals surface area contributed by atoms with E-state index in [2.05, 4.69) is 31.1 Å². The van der Waals surface area contributed by atoms with Crippen LogP contribution in [0.4, 0.5) is 0 Å². The molecule has 19 heavy (non-hydrogen) atoms. The standard InChI is InChI=1S/C15H25ClN2O/c1-10(2)8-13(12-5-6-17-9-12)19-14-11(3)4-7-18-15(14)16/h10,12-13,17H,4-9H2,1-3H3. The molecule has 2 unspecified atom stereocenters. The van der Waals surface area contributed by atoms with E-state index in [4.69, 9.17) is 16.3 Å². The average molecular weight is 285 g/mol. The molecule has 0 spiro atoms. The SMILES string of the molecule is CC1=C(OC(CC(C)C)C2CCNC2)C(Cl)=NCC1. The molecule has 0 saturated carbocycles. The van der Waals surface area contributed by atoms with Gasteiger partial charge in [-0.05, 0) is 44.2 Å². The number of halogens is 1. The van der Waals surface area contributed by atoms with Crippen LogP contribution in [0.25, 0.3) is 0 Å². The van der Waals surface area contributed by atoms with Gasteiger partial charge < -0.3 is 10.1 Å². The van der Waals surface area contributed by atoms with Crippen LogP contribution in [0, 0.1) is 11.8 Å². The molecule has 0 aromatic rings. The van der Waals surface area contributed by atoms with Gasteiger partial charge in [0.2, 0.25) is 0 Å². The van der Waals surface area contributed by atoms with Crippen molar-refractivity contribution in [2.45, 2.75) is 46.1 Å². The first-order chi connectivity index (χ1) is 9.08. The van der Waals surface area contributed by atoms with E-state index in [1.54, 1.807) is 0 Å². The summed E-state index contributed by atoms with van der Waals surface area (Å²) >= 11 is 6.22. The fraction of sp³-hybridized carbons (Fsp3) is 0.800. The molecule has 0 aromatic heterocycles. The van der Waals surface area contributed by atoms with Gasteiger partial charge in [-0.1, -0.05) is 25.4 Å². The van der Waals surface area contributed by atoms with E-state index < -0.39 is 0 Å². The Kier molecular flexibility index (Phi) is 5.28. The maximum absolute atomic E-state index is 6.29. The highest BCUT2D eigenvalue weighted by atomic mass is 35.5. The summed E-state index contributed by atoms with van der Waals surface area (Å²) in [6.07, 6.45) is 3.48. The third kappa shape index (κ3) is 3.96. The Labute approximate surface area is 121 Å². The fourth-order valence-corrected chi connectivity index (χ4v) is 3.07. The van der Waals surface area contributed by atoms with Crippen molar-refractivity contribution in [1.82, 2.24) is 5.32 Å². The molecule has 2 aliphatic heterocycles. The molecule has 0 aromatic carbocycles. The topological polar surface area (TPSA) is 33.6 Å². The molecular formula is C15H25ClN2O. The zero-order chi connectivity index (χ0) is 13.8. The largest absolute Gasteiger partial charge is 0.487 e. The van der Waals surface area contributed by atoms with Crippen molar-refractivity contribution in [3.05, 3.63) is 11.3 Å². The first-order valence-corrected chi connectivity index (χ1v) is 7.73. The number of allylic oxidation sites excluding steroid dienone is 1. The molecule has 1 fully saturated rings. The highest BCUT2D eigenvalue weighted by Crippen LogP contribution is 2.28. The van der Waals surface area contributed by atoms with Gasteiger partial charge in [-0.3, -0.25) is 4.99 Å². The second kappa shape index (κ2) is 6.76. The predicted octanol–water partition coefficient (Wildman–Crippen LogP) is 3.34. The number of nitrogens with one attached hydrogen (secondary N) is 1. The van der Waals surface area contributed by atoms with Gasteiger partial charge in [0.1, 0.15) is 6.10 Å². The van der Waals surface area contributed by atoms with E-state index in [-0.39, 0.29) is 6.10 Å². The van der Waals surface area contributed by atoms with Crippen LogP contribution in [0.3, 0.4) is 0 Å². The summed E-state index contributed by atoms with van der Waals surface area (Å²) in [7, 11) is 0. The predicted molar refractivity (Wildman–Crippen MR) is 80.8 cm³/mol. The number of hydrogen-bond acceptors (Lipinski definition) is 3. The summed E-state index contributed by atoms with van der Waals surface area (Å²) in [6, 6.07) is 0. The van der Waals surface area contributed by atoms with Crippen molar-refractivity contribution in [2.75, 3.05) is 19.6 Å². The van der Waals surface area contributed by atoms with Gasteiger partial charge in [0, 0.05) is 19.0 Å². The molecule has 2 aliphatic rings. The average Bonchev–Trinajstić information content (AvgIpc) is 2.85. The van der Waals surface area contributed by atoms with Crippen molar-refractivity contribution in [3.8, 4) is 0 Å². The lowest BCUT2D eigenvalue weighted by Crippen LogP contribution is -2.29. The minimum Gasteiger partial charge on any atom is -0.487 e. The molecular weight excluding hydrogens is 260 g/mol. The van der Waals surface area contributed by atoms with Crippen molar-refractivity contribution >= 4 is 16.8 Å². The zero-order valence-corrected chi connectivity index (χ0v) is 13.0. The summed E-state index contributed by atoms with van der Waals surface area (Å²) < 4.78 is 6.29. The van der Waals surface area contributed by atoms with Crippen LogP contribution in [0.2, 0.25) is 0 Å². The maximum atomic E-state index is 6.29. The Morgan fingerprint density at radius 1 is 1.47 bits per heavy atom. The Morgan fingerprint density at radius 2 is 2.26 bits per heavy atom. The summed E-state index contributed by atoms with van der Waals surface area (Å²) in [5.41, 5.74) is 1.24. The molecule has 2 atom stereocenters. The summed E-state index contributed by atoms with van der Waals surface area (Å²) in [6.45, 7) is 9.54.